The van der Waals surface area contributed by atoms with Crippen molar-refractivity contribution in [2.24, 2.45) is 40.9 Å². The van der Waals surface area contributed by atoms with Gasteiger partial charge in [0.1, 0.15) is 5.60 Å². The van der Waals surface area contributed by atoms with Crippen LogP contribution in [0.3, 0.4) is 0 Å². The van der Waals surface area contributed by atoms with E-state index in [0.29, 0.717) is 37.3 Å². The smallest absolute Gasteiger partial charge is 0.225 e. The van der Waals surface area contributed by atoms with E-state index < -0.39 is 5.60 Å². The molecule has 176 valence electrons. The number of amides is 1. The first-order valence-corrected chi connectivity index (χ1v) is 13.1. The van der Waals surface area contributed by atoms with E-state index in [1.807, 2.05) is 4.90 Å². The standard InChI is InChI=1S/C27H45NO3/c1-18-15-22(17-23(16-18)26(2,3)4)19-5-7-21(8-6-19)25(30)28-13-9-20(10-14-28)24(29)27(31)11-12-27/h18-23,31H,5-17H2,1-4H3. The summed E-state index contributed by atoms with van der Waals surface area (Å²) in [6.07, 6.45) is 11.4. The van der Waals surface area contributed by atoms with E-state index in [2.05, 4.69) is 27.7 Å². The van der Waals surface area contributed by atoms with E-state index in [9.17, 15) is 14.7 Å². The van der Waals surface area contributed by atoms with Gasteiger partial charge in [-0.05, 0) is 99.7 Å². The van der Waals surface area contributed by atoms with Crippen LogP contribution in [0.25, 0.3) is 0 Å². The monoisotopic (exact) mass is 431 g/mol. The van der Waals surface area contributed by atoms with Gasteiger partial charge < -0.3 is 10.0 Å². The maximum atomic E-state index is 13.1. The van der Waals surface area contributed by atoms with Crippen LogP contribution < -0.4 is 0 Å². The zero-order valence-corrected chi connectivity index (χ0v) is 20.4. The molecule has 1 aliphatic heterocycles. The minimum Gasteiger partial charge on any atom is -0.382 e. The van der Waals surface area contributed by atoms with Gasteiger partial charge in [0.2, 0.25) is 5.91 Å². The number of aliphatic hydroxyl groups is 1. The molecule has 0 aromatic rings. The number of hydrogen-bond acceptors (Lipinski definition) is 3. The molecule has 3 atom stereocenters. The Kier molecular flexibility index (Phi) is 6.60. The number of carbonyl (C=O) groups is 2. The van der Waals surface area contributed by atoms with Crippen LogP contribution in [0.1, 0.15) is 98.3 Å². The predicted octanol–water partition coefficient (Wildman–Crippen LogP) is 5.22. The number of nitrogens with zero attached hydrogens (tertiary/aromatic N) is 1. The number of Topliss-reactive ketones (excluding diaryl/α,β-unsaturated/α-hetero) is 1. The summed E-state index contributed by atoms with van der Waals surface area (Å²) in [5, 5.41) is 10.1. The molecule has 3 aliphatic carbocycles. The van der Waals surface area contributed by atoms with Gasteiger partial charge in [0.05, 0.1) is 0 Å². The molecule has 1 amide bonds. The third-order valence-corrected chi connectivity index (χ3v) is 9.35. The van der Waals surface area contributed by atoms with Crippen LogP contribution in [0.15, 0.2) is 0 Å². The summed E-state index contributed by atoms with van der Waals surface area (Å²) < 4.78 is 0. The number of likely N-dealkylation sites (tertiary alicyclic amines) is 1. The summed E-state index contributed by atoms with van der Waals surface area (Å²) in [6, 6.07) is 0. The molecule has 4 aliphatic rings. The zero-order valence-electron chi connectivity index (χ0n) is 20.4. The van der Waals surface area contributed by atoms with Crippen LogP contribution >= 0.6 is 0 Å². The quantitative estimate of drug-likeness (QED) is 0.663. The van der Waals surface area contributed by atoms with Crippen molar-refractivity contribution in [2.45, 2.75) is 104 Å². The minimum atomic E-state index is -1.02. The van der Waals surface area contributed by atoms with Crippen molar-refractivity contribution in [1.82, 2.24) is 4.90 Å². The van der Waals surface area contributed by atoms with Gasteiger partial charge in [-0.25, -0.2) is 0 Å². The maximum Gasteiger partial charge on any atom is 0.225 e. The second-order valence-corrected chi connectivity index (χ2v) is 12.7. The van der Waals surface area contributed by atoms with Gasteiger partial charge in [-0.15, -0.1) is 0 Å². The van der Waals surface area contributed by atoms with Crippen molar-refractivity contribution in [3.63, 3.8) is 0 Å². The van der Waals surface area contributed by atoms with Gasteiger partial charge in [0, 0.05) is 24.9 Å². The molecule has 1 saturated heterocycles. The average Bonchev–Trinajstić information content (AvgIpc) is 3.50. The highest BCUT2D eigenvalue weighted by Gasteiger charge is 2.50. The number of hydrogen-bond donors (Lipinski definition) is 1. The Labute approximate surface area is 189 Å². The predicted molar refractivity (Wildman–Crippen MR) is 123 cm³/mol. The van der Waals surface area contributed by atoms with Crippen LogP contribution in [-0.2, 0) is 9.59 Å². The number of rotatable bonds is 4. The topological polar surface area (TPSA) is 57.6 Å². The third-order valence-electron chi connectivity index (χ3n) is 9.35. The van der Waals surface area contributed by atoms with Crippen LogP contribution in [-0.4, -0.2) is 40.4 Å². The fourth-order valence-corrected chi connectivity index (χ4v) is 6.95. The second kappa shape index (κ2) is 8.80. The fourth-order valence-electron chi connectivity index (χ4n) is 6.95. The zero-order chi connectivity index (χ0) is 22.4. The Morgan fingerprint density at radius 2 is 1.45 bits per heavy atom. The highest BCUT2D eigenvalue weighted by Crippen LogP contribution is 2.48. The van der Waals surface area contributed by atoms with Gasteiger partial charge in [-0.3, -0.25) is 9.59 Å². The SMILES string of the molecule is CC1CC(C2CCC(C(=O)N3CCC(C(=O)C4(O)CC4)CC3)CC2)CC(C(C)(C)C)C1. The highest BCUT2D eigenvalue weighted by atomic mass is 16.3. The lowest BCUT2D eigenvalue weighted by Gasteiger charge is -2.45. The van der Waals surface area contributed by atoms with E-state index in [1.165, 1.54) is 32.1 Å². The van der Waals surface area contributed by atoms with E-state index in [-0.39, 0.29) is 17.6 Å². The molecule has 0 spiro atoms. The molecule has 3 unspecified atom stereocenters. The second-order valence-electron chi connectivity index (χ2n) is 12.7. The summed E-state index contributed by atoms with van der Waals surface area (Å²) >= 11 is 0. The summed E-state index contributed by atoms with van der Waals surface area (Å²) in [4.78, 5) is 27.6. The summed E-state index contributed by atoms with van der Waals surface area (Å²) in [5.41, 5.74) is -0.610. The first kappa shape index (κ1) is 23.3. The first-order valence-electron chi connectivity index (χ1n) is 13.1. The average molecular weight is 432 g/mol. The van der Waals surface area contributed by atoms with Crippen molar-refractivity contribution < 1.29 is 14.7 Å². The molecular weight excluding hydrogens is 386 g/mol. The summed E-state index contributed by atoms with van der Waals surface area (Å²) in [7, 11) is 0. The Morgan fingerprint density at radius 1 is 0.839 bits per heavy atom. The maximum absolute atomic E-state index is 13.1. The number of carbonyl (C=O) groups excluding carboxylic acids is 2. The van der Waals surface area contributed by atoms with Gasteiger partial charge >= 0.3 is 0 Å². The molecule has 4 fully saturated rings. The molecule has 0 aromatic carbocycles. The molecule has 4 nitrogen and oxygen atoms in total. The lowest BCUT2D eigenvalue weighted by Crippen LogP contribution is -2.45. The molecule has 0 radical (unpaired) electrons. The number of ketones is 1. The van der Waals surface area contributed by atoms with Gasteiger partial charge in [0.15, 0.2) is 5.78 Å². The van der Waals surface area contributed by atoms with Crippen LogP contribution in [0.4, 0.5) is 0 Å². The minimum absolute atomic E-state index is 0.0374. The molecular formula is C27H45NO3. The fraction of sp³-hybridized carbons (Fsp3) is 0.926. The van der Waals surface area contributed by atoms with Gasteiger partial charge in [-0.2, -0.15) is 0 Å². The molecule has 1 N–H and O–H groups in total. The van der Waals surface area contributed by atoms with Gasteiger partial charge in [-0.1, -0.05) is 27.7 Å². The van der Waals surface area contributed by atoms with Crippen molar-refractivity contribution in [3.8, 4) is 0 Å². The molecule has 4 heteroatoms. The Morgan fingerprint density at radius 3 is 2.00 bits per heavy atom. The largest absolute Gasteiger partial charge is 0.382 e. The molecule has 0 bridgehead atoms. The van der Waals surface area contributed by atoms with E-state index >= 15 is 0 Å². The van der Waals surface area contributed by atoms with E-state index in [1.54, 1.807) is 0 Å². The Bertz CT molecular complexity index is 660. The Hall–Kier alpha value is -0.900. The van der Waals surface area contributed by atoms with E-state index in [4.69, 9.17) is 0 Å². The molecule has 3 saturated carbocycles. The molecule has 0 aromatic heterocycles. The summed E-state index contributed by atoms with van der Waals surface area (Å²) in [5.74, 6) is 3.83. The van der Waals surface area contributed by atoms with E-state index in [0.717, 1.165) is 49.4 Å². The summed E-state index contributed by atoms with van der Waals surface area (Å²) in [6.45, 7) is 11.0. The lowest BCUT2D eigenvalue weighted by molar-refractivity contribution is -0.142. The third kappa shape index (κ3) is 5.20. The highest BCUT2D eigenvalue weighted by molar-refractivity contribution is 5.92. The van der Waals surface area contributed by atoms with Crippen LogP contribution in [0.5, 0.6) is 0 Å². The molecule has 4 rings (SSSR count). The van der Waals surface area contributed by atoms with Crippen LogP contribution in [0.2, 0.25) is 0 Å². The van der Waals surface area contributed by atoms with Crippen molar-refractivity contribution in [2.75, 3.05) is 13.1 Å². The number of piperidine rings is 1. The van der Waals surface area contributed by atoms with Crippen molar-refractivity contribution in [1.29, 1.82) is 0 Å². The normalized spacial score (nSPS) is 36.8. The van der Waals surface area contributed by atoms with Crippen molar-refractivity contribution in [3.05, 3.63) is 0 Å². The molecule has 1 heterocycles. The van der Waals surface area contributed by atoms with Crippen molar-refractivity contribution >= 4 is 11.7 Å². The van der Waals surface area contributed by atoms with Crippen LogP contribution in [0, 0.1) is 40.9 Å². The van der Waals surface area contributed by atoms with Gasteiger partial charge in [0.25, 0.3) is 0 Å². The first-order chi connectivity index (χ1) is 14.6. The molecule has 31 heavy (non-hydrogen) atoms. The Balaban J connectivity index is 1.24. The lowest BCUT2D eigenvalue weighted by atomic mass is 9.61.